The fourth-order valence-corrected chi connectivity index (χ4v) is 3.07. The highest BCUT2D eigenvalue weighted by Crippen LogP contribution is 2.37. The predicted molar refractivity (Wildman–Crippen MR) is 88.9 cm³/mol. The molecular formula is C19H19NO3. The van der Waals surface area contributed by atoms with Crippen LogP contribution in [0.15, 0.2) is 48.5 Å². The summed E-state index contributed by atoms with van der Waals surface area (Å²) in [5, 5.41) is 9.39. The zero-order valence-corrected chi connectivity index (χ0v) is 13.0. The maximum Gasteiger partial charge on any atom is 0.312 e. The van der Waals surface area contributed by atoms with Gasteiger partial charge in [0.25, 0.3) is 5.91 Å². The van der Waals surface area contributed by atoms with Crippen molar-refractivity contribution in [1.82, 2.24) is 0 Å². The van der Waals surface area contributed by atoms with Crippen molar-refractivity contribution in [3.63, 3.8) is 0 Å². The van der Waals surface area contributed by atoms with Crippen molar-refractivity contribution >= 4 is 17.6 Å². The maximum atomic E-state index is 12.8. The second kappa shape index (κ2) is 6.24. The molecule has 0 aromatic heterocycles. The van der Waals surface area contributed by atoms with Crippen LogP contribution in [0.1, 0.15) is 40.7 Å². The Kier molecular flexibility index (Phi) is 4.15. The molecule has 4 heteroatoms. The van der Waals surface area contributed by atoms with Gasteiger partial charge in [0, 0.05) is 17.8 Å². The predicted octanol–water partition coefficient (Wildman–Crippen LogP) is 3.47. The molecule has 0 saturated heterocycles. The summed E-state index contributed by atoms with van der Waals surface area (Å²) >= 11 is 0. The number of aryl methyl sites for hydroxylation is 1. The smallest absolute Gasteiger partial charge is 0.312 e. The van der Waals surface area contributed by atoms with Crippen molar-refractivity contribution in [3.05, 3.63) is 65.2 Å². The lowest BCUT2D eigenvalue weighted by Crippen LogP contribution is -2.31. The summed E-state index contributed by atoms with van der Waals surface area (Å²) < 4.78 is 0. The number of benzene rings is 2. The van der Waals surface area contributed by atoms with E-state index in [2.05, 4.69) is 6.92 Å². The zero-order chi connectivity index (χ0) is 16.4. The van der Waals surface area contributed by atoms with Gasteiger partial charge < -0.3 is 10.0 Å². The lowest BCUT2D eigenvalue weighted by atomic mass is 10.0. The van der Waals surface area contributed by atoms with E-state index in [9.17, 15) is 14.7 Å². The molecule has 0 bridgehead atoms. The van der Waals surface area contributed by atoms with Crippen LogP contribution < -0.4 is 4.90 Å². The largest absolute Gasteiger partial charge is 0.481 e. The number of para-hydroxylation sites is 1. The minimum absolute atomic E-state index is 0.149. The van der Waals surface area contributed by atoms with Crippen molar-refractivity contribution in [3.8, 4) is 0 Å². The van der Waals surface area contributed by atoms with E-state index < -0.39 is 11.9 Å². The minimum Gasteiger partial charge on any atom is -0.481 e. The molecule has 1 amide bonds. The average molecular weight is 309 g/mol. The van der Waals surface area contributed by atoms with Crippen molar-refractivity contribution in [2.24, 2.45) is 0 Å². The number of carbonyl (C=O) groups is 2. The van der Waals surface area contributed by atoms with Crippen LogP contribution in [-0.4, -0.2) is 23.5 Å². The van der Waals surface area contributed by atoms with E-state index in [4.69, 9.17) is 0 Å². The summed E-state index contributed by atoms with van der Waals surface area (Å²) in [5.74, 6) is -1.70. The highest BCUT2D eigenvalue weighted by Gasteiger charge is 2.36. The van der Waals surface area contributed by atoms with Crippen LogP contribution in [0.3, 0.4) is 0 Å². The molecule has 1 aliphatic rings. The first-order valence-electron chi connectivity index (χ1n) is 7.84. The monoisotopic (exact) mass is 309 g/mol. The minimum atomic E-state index is -0.897. The molecule has 1 heterocycles. The van der Waals surface area contributed by atoms with Crippen LogP contribution in [0.2, 0.25) is 0 Å². The molecule has 1 unspecified atom stereocenters. The summed E-state index contributed by atoms with van der Waals surface area (Å²) in [4.78, 5) is 25.8. The number of rotatable bonds is 4. The third-order valence-corrected chi connectivity index (χ3v) is 4.25. The van der Waals surface area contributed by atoms with Crippen LogP contribution in [0.25, 0.3) is 0 Å². The van der Waals surface area contributed by atoms with Gasteiger partial charge in [0.15, 0.2) is 0 Å². The fraction of sp³-hybridized carbons (Fsp3) is 0.263. The third-order valence-electron chi connectivity index (χ3n) is 4.25. The second-order valence-corrected chi connectivity index (χ2v) is 5.81. The van der Waals surface area contributed by atoms with Crippen LogP contribution in [0, 0.1) is 0 Å². The molecule has 3 rings (SSSR count). The van der Waals surface area contributed by atoms with Crippen LogP contribution in [-0.2, 0) is 11.2 Å². The maximum absolute atomic E-state index is 12.8. The Hall–Kier alpha value is -2.62. The standard InChI is InChI=1S/C19H19NO3/c1-2-5-13-8-10-14(11-9-13)18(21)20-12-16(19(22)23)15-6-3-4-7-17(15)20/h3-4,6-11,16H,2,5,12H2,1H3,(H,22,23). The Morgan fingerprint density at radius 3 is 2.48 bits per heavy atom. The van der Waals surface area contributed by atoms with E-state index in [1.807, 2.05) is 42.5 Å². The first kappa shape index (κ1) is 15.3. The molecular weight excluding hydrogens is 290 g/mol. The number of aliphatic carboxylic acids is 1. The number of fused-ring (bicyclic) bond motifs is 1. The van der Waals surface area contributed by atoms with E-state index in [1.165, 1.54) is 5.56 Å². The molecule has 0 spiro atoms. The molecule has 23 heavy (non-hydrogen) atoms. The SMILES string of the molecule is CCCc1ccc(C(=O)N2CC(C(=O)O)c3ccccc32)cc1. The van der Waals surface area contributed by atoms with Gasteiger partial charge in [-0.3, -0.25) is 9.59 Å². The third kappa shape index (κ3) is 2.84. The Morgan fingerprint density at radius 1 is 1.13 bits per heavy atom. The fourth-order valence-electron chi connectivity index (χ4n) is 3.07. The van der Waals surface area contributed by atoms with Crippen LogP contribution >= 0.6 is 0 Å². The quantitative estimate of drug-likeness (QED) is 0.941. The lowest BCUT2D eigenvalue weighted by molar-refractivity contribution is -0.138. The number of amides is 1. The van der Waals surface area contributed by atoms with Gasteiger partial charge in [-0.2, -0.15) is 0 Å². The highest BCUT2D eigenvalue weighted by atomic mass is 16.4. The summed E-state index contributed by atoms with van der Waals surface area (Å²) in [6.07, 6.45) is 2.05. The average Bonchev–Trinajstić information content (AvgIpc) is 2.95. The van der Waals surface area contributed by atoms with Crippen LogP contribution in [0.5, 0.6) is 0 Å². The normalized spacial score (nSPS) is 16.2. The molecule has 2 aromatic rings. The molecule has 1 N–H and O–H groups in total. The first-order valence-corrected chi connectivity index (χ1v) is 7.84. The van der Waals surface area contributed by atoms with Gasteiger partial charge in [0.05, 0.1) is 0 Å². The zero-order valence-electron chi connectivity index (χ0n) is 13.0. The van der Waals surface area contributed by atoms with Gasteiger partial charge >= 0.3 is 5.97 Å². The molecule has 1 atom stereocenters. The lowest BCUT2D eigenvalue weighted by Gasteiger charge is -2.17. The van der Waals surface area contributed by atoms with E-state index in [0.29, 0.717) is 16.8 Å². The summed E-state index contributed by atoms with van der Waals surface area (Å²) in [6.45, 7) is 2.30. The molecule has 0 saturated carbocycles. The summed E-state index contributed by atoms with van der Waals surface area (Å²) in [6, 6.07) is 14.8. The van der Waals surface area contributed by atoms with Gasteiger partial charge in [0.1, 0.15) is 5.92 Å². The number of hydrogen-bond acceptors (Lipinski definition) is 2. The van der Waals surface area contributed by atoms with Crippen molar-refractivity contribution in [2.45, 2.75) is 25.7 Å². The number of hydrogen-bond donors (Lipinski definition) is 1. The number of nitrogens with zero attached hydrogens (tertiary/aromatic N) is 1. The van der Waals surface area contributed by atoms with E-state index >= 15 is 0 Å². The molecule has 0 radical (unpaired) electrons. The number of carboxylic acids is 1. The summed E-state index contributed by atoms with van der Waals surface area (Å²) in [7, 11) is 0. The van der Waals surface area contributed by atoms with Crippen LogP contribution in [0.4, 0.5) is 5.69 Å². The van der Waals surface area contributed by atoms with Crippen molar-refractivity contribution < 1.29 is 14.7 Å². The van der Waals surface area contributed by atoms with Gasteiger partial charge in [0.2, 0.25) is 0 Å². The van der Waals surface area contributed by atoms with E-state index in [0.717, 1.165) is 12.8 Å². The van der Waals surface area contributed by atoms with Gasteiger partial charge in [-0.05, 0) is 35.7 Å². The molecule has 1 aliphatic heterocycles. The van der Waals surface area contributed by atoms with E-state index in [-0.39, 0.29) is 12.5 Å². The second-order valence-electron chi connectivity index (χ2n) is 5.81. The van der Waals surface area contributed by atoms with Gasteiger partial charge in [-0.15, -0.1) is 0 Å². The molecule has 4 nitrogen and oxygen atoms in total. The Labute approximate surface area is 135 Å². The number of carbonyl (C=O) groups excluding carboxylic acids is 1. The highest BCUT2D eigenvalue weighted by molar-refractivity contribution is 6.08. The van der Waals surface area contributed by atoms with Gasteiger partial charge in [-0.25, -0.2) is 0 Å². The van der Waals surface area contributed by atoms with Crippen molar-refractivity contribution in [2.75, 3.05) is 11.4 Å². The molecule has 118 valence electrons. The molecule has 0 fully saturated rings. The number of carboxylic acid groups (broad SMARTS) is 1. The Bertz CT molecular complexity index is 737. The van der Waals surface area contributed by atoms with E-state index in [1.54, 1.807) is 11.0 Å². The van der Waals surface area contributed by atoms with Crippen molar-refractivity contribution in [1.29, 1.82) is 0 Å². The molecule has 2 aromatic carbocycles. The first-order chi connectivity index (χ1) is 11.1. The topological polar surface area (TPSA) is 57.6 Å². The Morgan fingerprint density at radius 2 is 1.83 bits per heavy atom. The number of anilines is 1. The molecule has 0 aliphatic carbocycles. The summed E-state index contributed by atoms with van der Waals surface area (Å²) in [5.41, 5.74) is 3.19. The Balaban J connectivity index is 1.89. The van der Waals surface area contributed by atoms with Gasteiger partial charge in [-0.1, -0.05) is 43.7 Å².